The number of phenolic OH excluding ortho intramolecular Hbond substituents is 1. The summed E-state index contributed by atoms with van der Waals surface area (Å²) >= 11 is 0. The minimum atomic E-state index is 0.209. The van der Waals surface area contributed by atoms with Gasteiger partial charge in [-0.25, -0.2) is 4.99 Å². The van der Waals surface area contributed by atoms with Crippen LogP contribution in [-0.4, -0.2) is 24.3 Å². The summed E-state index contributed by atoms with van der Waals surface area (Å²) in [4.78, 5) is 3.99. The third kappa shape index (κ3) is 1.64. The lowest BCUT2D eigenvalue weighted by atomic mass is 10.2. The second kappa shape index (κ2) is 3.57. The molecule has 0 atom stereocenters. The van der Waals surface area contributed by atoms with Gasteiger partial charge in [0.25, 0.3) is 0 Å². The van der Waals surface area contributed by atoms with E-state index < -0.39 is 0 Å². The standard InChI is InChI=1S/C10H11NO3/c1-7-8(12)3-2-4-9(7)14-10-11-5-6-13-10/h2-4,12H,5-6H2,1H3. The molecule has 0 unspecified atom stereocenters. The third-order valence-corrected chi connectivity index (χ3v) is 2.01. The SMILES string of the molecule is Cc1c(O)cccc1OC1=NCCO1. The maximum atomic E-state index is 9.41. The Morgan fingerprint density at radius 2 is 2.36 bits per heavy atom. The number of hydrogen-bond donors (Lipinski definition) is 1. The molecule has 74 valence electrons. The highest BCUT2D eigenvalue weighted by atomic mass is 16.7. The topological polar surface area (TPSA) is 51.0 Å². The molecule has 0 radical (unpaired) electrons. The van der Waals surface area contributed by atoms with E-state index >= 15 is 0 Å². The van der Waals surface area contributed by atoms with Crippen LogP contribution < -0.4 is 4.74 Å². The van der Waals surface area contributed by atoms with Crippen molar-refractivity contribution in [2.45, 2.75) is 6.92 Å². The van der Waals surface area contributed by atoms with E-state index in [1.54, 1.807) is 25.1 Å². The summed E-state index contributed by atoms with van der Waals surface area (Å²) in [5, 5.41) is 9.41. The van der Waals surface area contributed by atoms with Gasteiger partial charge in [0.15, 0.2) is 0 Å². The highest BCUT2D eigenvalue weighted by molar-refractivity contribution is 5.72. The monoisotopic (exact) mass is 193 g/mol. The van der Waals surface area contributed by atoms with Crippen molar-refractivity contribution in [2.75, 3.05) is 13.2 Å². The Morgan fingerprint density at radius 1 is 1.50 bits per heavy atom. The first kappa shape index (κ1) is 8.87. The Balaban J connectivity index is 2.20. The maximum absolute atomic E-state index is 9.41. The molecule has 0 spiro atoms. The van der Waals surface area contributed by atoms with Crippen LogP contribution in [0.5, 0.6) is 11.5 Å². The van der Waals surface area contributed by atoms with Gasteiger partial charge in [-0.3, -0.25) is 0 Å². The van der Waals surface area contributed by atoms with Crippen LogP contribution in [0.2, 0.25) is 0 Å². The van der Waals surface area contributed by atoms with Crippen molar-refractivity contribution in [1.29, 1.82) is 0 Å². The van der Waals surface area contributed by atoms with E-state index in [0.29, 0.717) is 24.5 Å². The number of phenols is 1. The van der Waals surface area contributed by atoms with Crippen LogP contribution >= 0.6 is 0 Å². The molecule has 0 aliphatic carbocycles. The van der Waals surface area contributed by atoms with Crippen molar-refractivity contribution in [1.82, 2.24) is 0 Å². The second-order valence-electron chi connectivity index (χ2n) is 3.00. The van der Waals surface area contributed by atoms with Crippen molar-refractivity contribution in [3.63, 3.8) is 0 Å². The fourth-order valence-electron chi connectivity index (χ4n) is 1.18. The number of aromatic hydroxyl groups is 1. The van der Waals surface area contributed by atoms with E-state index in [1.807, 2.05) is 0 Å². The molecular formula is C10H11NO3. The molecule has 14 heavy (non-hydrogen) atoms. The van der Waals surface area contributed by atoms with Gasteiger partial charge in [-0.1, -0.05) is 6.07 Å². The van der Waals surface area contributed by atoms with Crippen LogP contribution in [0.1, 0.15) is 5.56 Å². The quantitative estimate of drug-likeness (QED) is 0.734. The Morgan fingerprint density at radius 3 is 3.07 bits per heavy atom. The fraction of sp³-hybridized carbons (Fsp3) is 0.300. The third-order valence-electron chi connectivity index (χ3n) is 2.01. The summed E-state index contributed by atoms with van der Waals surface area (Å²) in [6.45, 7) is 2.97. The Hall–Kier alpha value is -1.71. The van der Waals surface area contributed by atoms with Gasteiger partial charge in [-0.05, 0) is 19.1 Å². The van der Waals surface area contributed by atoms with Crippen molar-refractivity contribution in [2.24, 2.45) is 4.99 Å². The molecule has 4 nitrogen and oxygen atoms in total. The molecule has 0 saturated carbocycles. The normalized spacial score (nSPS) is 14.8. The Kier molecular flexibility index (Phi) is 2.26. The zero-order valence-corrected chi connectivity index (χ0v) is 7.86. The van der Waals surface area contributed by atoms with Gasteiger partial charge in [0, 0.05) is 5.56 Å². The highest BCUT2D eigenvalue weighted by Crippen LogP contribution is 2.26. The molecule has 0 fully saturated rings. The van der Waals surface area contributed by atoms with Gasteiger partial charge >= 0.3 is 6.08 Å². The number of rotatable bonds is 1. The Bertz CT molecular complexity index is 374. The van der Waals surface area contributed by atoms with Crippen LogP contribution in [0.25, 0.3) is 0 Å². The van der Waals surface area contributed by atoms with E-state index in [2.05, 4.69) is 4.99 Å². The zero-order chi connectivity index (χ0) is 9.97. The predicted octanol–water partition coefficient (Wildman–Crippen LogP) is 1.47. The minimum absolute atomic E-state index is 0.209. The van der Waals surface area contributed by atoms with Crippen molar-refractivity contribution < 1.29 is 14.6 Å². The number of nitrogens with zero attached hydrogens (tertiary/aromatic N) is 1. The van der Waals surface area contributed by atoms with Gasteiger partial charge < -0.3 is 14.6 Å². The van der Waals surface area contributed by atoms with Crippen LogP contribution in [0.15, 0.2) is 23.2 Å². The van der Waals surface area contributed by atoms with Crippen LogP contribution in [-0.2, 0) is 4.74 Å². The molecular weight excluding hydrogens is 182 g/mol. The summed E-state index contributed by atoms with van der Waals surface area (Å²) in [7, 11) is 0. The smallest absolute Gasteiger partial charge is 0.389 e. The van der Waals surface area contributed by atoms with Gasteiger partial charge in [0.1, 0.15) is 18.1 Å². The maximum Gasteiger partial charge on any atom is 0.389 e. The fourth-order valence-corrected chi connectivity index (χ4v) is 1.18. The lowest BCUT2D eigenvalue weighted by Crippen LogP contribution is -2.08. The van der Waals surface area contributed by atoms with Crippen LogP contribution in [0.4, 0.5) is 0 Å². The molecule has 0 amide bonds. The molecule has 2 rings (SSSR count). The largest absolute Gasteiger partial charge is 0.508 e. The molecule has 1 aliphatic rings. The molecule has 0 aromatic heterocycles. The van der Waals surface area contributed by atoms with E-state index in [1.165, 1.54) is 0 Å². The first-order chi connectivity index (χ1) is 6.77. The average molecular weight is 193 g/mol. The van der Waals surface area contributed by atoms with E-state index in [4.69, 9.17) is 9.47 Å². The zero-order valence-electron chi connectivity index (χ0n) is 7.86. The van der Waals surface area contributed by atoms with Crippen molar-refractivity contribution in [3.05, 3.63) is 23.8 Å². The van der Waals surface area contributed by atoms with E-state index in [-0.39, 0.29) is 11.8 Å². The molecule has 4 heteroatoms. The average Bonchev–Trinajstić information content (AvgIpc) is 2.66. The van der Waals surface area contributed by atoms with Gasteiger partial charge in [0.2, 0.25) is 0 Å². The Labute approximate surface area is 81.8 Å². The molecule has 1 aromatic carbocycles. The first-order valence-corrected chi connectivity index (χ1v) is 4.41. The number of hydrogen-bond acceptors (Lipinski definition) is 4. The molecule has 1 aliphatic heterocycles. The number of ether oxygens (including phenoxy) is 2. The van der Waals surface area contributed by atoms with Gasteiger partial charge in [-0.15, -0.1) is 0 Å². The molecule has 1 aromatic rings. The van der Waals surface area contributed by atoms with Gasteiger partial charge in [0.05, 0.1) is 6.54 Å². The molecule has 0 bridgehead atoms. The lowest BCUT2D eigenvalue weighted by Gasteiger charge is -2.08. The summed E-state index contributed by atoms with van der Waals surface area (Å²) < 4.78 is 10.5. The van der Waals surface area contributed by atoms with Crippen molar-refractivity contribution in [3.8, 4) is 11.5 Å². The molecule has 1 N–H and O–H groups in total. The lowest BCUT2D eigenvalue weighted by molar-refractivity contribution is 0.273. The van der Waals surface area contributed by atoms with Crippen LogP contribution in [0, 0.1) is 6.92 Å². The van der Waals surface area contributed by atoms with Gasteiger partial charge in [-0.2, -0.15) is 0 Å². The van der Waals surface area contributed by atoms with Crippen LogP contribution in [0.3, 0.4) is 0 Å². The molecule has 1 heterocycles. The minimum Gasteiger partial charge on any atom is -0.508 e. The summed E-state index contributed by atoms with van der Waals surface area (Å²) in [6.07, 6.45) is 0.277. The number of aliphatic imine (C=N–C) groups is 1. The van der Waals surface area contributed by atoms with E-state index in [0.717, 1.165) is 0 Å². The predicted molar refractivity (Wildman–Crippen MR) is 51.7 cm³/mol. The summed E-state index contributed by atoms with van der Waals surface area (Å²) in [5.74, 6) is 0.784. The van der Waals surface area contributed by atoms with Crippen molar-refractivity contribution >= 4 is 6.08 Å². The first-order valence-electron chi connectivity index (χ1n) is 4.41. The summed E-state index contributed by atoms with van der Waals surface area (Å²) in [5.41, 5.74) is 0.686. The van der Waals surface area contributed by atoms with E-state index in [9.17, 15) is 5.11 Å². The number of benzene rings is 1. The highest BCUT2D eigenvalue weighted by Gasteiger charge is 2.12. The summed E-state index contributed by atoms with van der Waals surface area (Å²) in [6, 6.07) is 5.09. The second-order valence-corrected chi connectivity index (χ2v) is 3.00. The molecule has 0 saturated heterocycles.